The predicted octanol–water partition coefficient (Wildman–Crippen LogP) is 1.78. The number of likely N-dealkylation sites (N-methyl/N-ethyl adjacent to an activating group) is 1. The monoisotopic (exact) mass is 390 g/mol. The number of carbonyl (C=O) groups excluding carboxylic acids is 1. The fourth-order valence-electron chi connectivity index (χ4n) is 3.11. The molecule has 0 spiro atoms. The van der Waals surface area contributed by atoms with E-state index >= 15 is 0 Å². The van der Waals surface area contributed by atoms with Crippen LogP contribution in [0.1, 0.15) is 11.5 Å². The first-order valence-electron chi connectivity index (χ1n) is 9.49. The molecule has 0 N–H and O–H groups in total. The molecule has 28 heavy (non-hydrogen) atoms. The fraction of sp³-hybridized carbons (Fsp3) is 0.500. The molecule has 2 aromatic rings. The largest absolute Gasteiger partial charge is 0.489 e. The third-order valence-corrected chi connectivity index (χ3v) is 4.83. The molecule has 1 aromatic heterocycles. The van der Waals surface area contributed by atoms with Crippen LogP contribution in [0.25, 0.3) is 0 Å². The van der Waals surface area contributed by atoms with Crippen LogP contribution in [0.4, 0.5) is 4.39 Å². The van der Waals surface area contributed by atoms with Crippen LogP contribution in [0.3, 0.4) is 0 Å². The van der Waals surface area contributed by atoms with Gasteiger partial charge in [-0.25, -0.2) is 4.39 Å². The summed E-state index contributed by atoms with van der Waals surface area (Å²) in [6, 6.07) is 8.22. The van der Waals surface area contributed by atoms with Crippen molar-refractivity contribution in [3.8, 4) is 5.75 Å². The molecule has 1 amide bonds. The lowest BCUT2D eigenvalue weighted by Crippen LogP contribution is -2.49. The Hall–Kier alpha value is -2.45. The number of benzene rings is 1. The van der Waals surface area contributed by atoms with Crippen molar-refractivity contribution >= 4 is 5.91 Å². The van der Waals surface area contributed by atoms with Crippen LogP contribution in [-0.2, 0) is 11.3 Å². The number of carbonyl (C=O) groups is 1. The molecule has 1 saturated heterocycles. The Labute approximate surface area is 164 Å². The topological polar surface area (TPSA) is 62.0 Å². The Morgan fingerprint density at radius 1 is 1.25 bits per heavy atom. The molecule has 0 radical (unpaired) electrons. The Kier molecular flexibility index (Phi) is 7.00. The second-order valence-electron chi connectivity index (χ2n) is 7.08. The second-order valence-corrected chi connectivity index (χ2v) is 7.08. The molecule has 0 atom stereocenters. The maximum absolute atomic E-state index is 13.5. The lowest BCUT2D eigenvalue weighted by atomic mass is 10.3. The molecule has 1 aromatic carbocycles. The molecular weight excluding hydrogens is 363 g/mol. The molecule has 3 rings (SSSR count). The molecule has 1 fully saturated rings. The number of nitrogens with zero attached hydrogens (tertiary/aromatic N) is 4. The van der Waals surface area contributed by atoms with Crippen molar-refractivity contribution in [3.63, 3.8) is 0 Å². The van der Waals surface area contributed by atoms with E-state index in [1.165, 1.54) is 6.07 Å². The molecule has 0 unspecified atom stereocenters. The quantitative estimate of drug-likeness (QED) is 0.685. The van der Waals surface area contributed by atoms with Crippen molar-refractivity contribution in [2.24, 2.45) is 0 Å². The molecule has 0 saturated carbocycles. The van der Waals surface area contributed by atoms with Gasteiger partial charge in [-0.05, 0) is 19.1 Å². The van der Waals surface area contributed by atoms with Crippen LogP contribution in [-0.4, -0.2) is 78.7 Å². The molecule has 0 bridgehead atoms. The van der Waals surface area contributed by atoms with Gasteiger partial charge in [0.1, 0.15) is 6.61 Å². The van der Waals surface area contributed by atoms with E-state index < -0.39 is 5.82 Å². The van der Waals surface area contributed by atoms with E-state index in [-0.39, 0.29) is 18.3 Å². The van der Waals surface area contributed by atoms with Crippen molar-refractivity contribution < 1.29 is 18.4 Å². The number of halogens is 1. The number of hydrogen-bond acceptors (Lipinski definition) is 6. The van der Waals surface area contributed by atoms with Crippen molar-refractivity contribution in [2.45, 2.75) is 13.5 Å². The molecule has 152 valence electrons. The highest BCUT2D eigenvalue weighted by Gasteiger charge is 2.21. The molecule has 0 aliphatic carbocycles. The zero-order valence-corrected chi connectivity index (χ0v) is 16.4. The van der Waals surface area contributed by atoms with Crippen molar-refractivity contribution in [2.75, 3.05) is 52.9 Å². The van der Waals surface area contributed by atoms with Gasteiger partial charge >= 0.3 is 0 Å². The third kappa shape index (κ3) is 5.77. The van der Waals surface area contributed by atoms with E-state index in [1.807, 2.05) is 13.0 Å². The minimum absolute atomic E-state index is 0.0384. The summed E-state index contributed by atoms with van der Waals surface area (Å²) >= 11 is 0. The standard InChI is InChI=1S/C20H27FN4O3/c1-16-13-17(28-22-16)14-24-7-9-25(10-8-24)15-20(26)23(2)11-12-27-19-6-4-3-5-18(19)21/h3-6,13H,7-12,14-15H2,1-2H3. The van der Waals surface area contributed by atoms with Crippen LogP contribution in [0.15, 0.2) is 34.9 Å². The van der Waals surface area contributed by atoms with E-state index in [0.717, 1.165) is 44.2 Å². The van der Waals surface area contributed by atoms with E-state index in [9.17, 15) is 9.18 Å². The zero-order chi connectivity index (χ0) is 19.9. The number of para-hydroxylation sites is 1. The number of rotatable bonds is 8. The first-order chi connectivity index (χ1) is 13.5. The zero-order valence-electron chi connectivity index (χ0n) is 16.4. The van der Waals surface area contributed by atoms with Gasteiger partial charge in [-0.3, -0.25) is 14.6 Å². The summed E-state index contributed by atoms with van der Waals surface area (Å²) < 4.78 is 24.2. The Morgan fingerprint density at radius 3 is 2.64 bits per heavy atom. The van der Waals surface area contributed by atoms with Gasteiger partial charge in [-0.15, -0.1) is 0 Å². The lowest BCUT2D eigenvalue weighted by molar-refractivity contribution is -0.131. The highest BCUT2D eigenvalue weighted by molar-refractivity contribution is 5.78. The van der Waals surface area contributed by atoms with Crippen LogP contribution < -0.4 is 4.74 Å². The van der Waals surface area contributed by atoms with Crippen molar-refractivity contribution in [1.29, 1.82) is 0 Å². The Morgan fingerprint density at radius 2 is 1.96 bits per heavy atom. The maximum atomic E-state index is 13.5. The minimum atomic E-state index is -0.394. The lowest BCUT2D eigenvalue weighted by Gasteiger charge is -2.34. The van der Waals surface area contributed by atoms with Crippen LogP contribution >= 0.6 is 0 Å². The Bertz CT molecular complexity index is 774. The smallest absolute Gasteiger partial charge is 0.236 e. The van der Waals surface area contributed by atoms with Gasteiger partial charge in [0, 0.05) is 39.3 Å². The van der Waals surface area contributed by atoms with Gasteiger partial charge < -0.3 is 14.2 Å². The molecular formula is C20H27FN4O3. The number of aromatic nitrogens is 1. The fourth-order valence-corrected chi connectivity index (χ4v) is 3.11. The summed E-state index contributed by atoms with van der Waals surface area (Å²) in [5, 5.41) is 3.91. The van der Waals surface area contributed by atoms with Gasteiger partial charge in [-0.2, -0.15) is 0 Å². The Balaban J connectivity index is 1.35. The third-order valence-electron chi connectivity index (χ3n) is 4.83. The van der Waals surface area contributed by atoms with Crippen molar-refractivity contribution in [1.82, 2.24) is 19.9 Å². The maximum Gasteiger partial charge on any atom is 0.236 e. The van der Waals surface area contributed by atoms with E-state index in [0.29, 0.717) is 13.1 Å². The second kappa shape index (κ2) is 9.66. The number of ether oxygens (including phenoxy) is 1. The van der Waals surface area contributed by atoms with E-state index in [2.05, 4.69) is 15.0 Å². The van der Waals surface area contributed by atoms with Crippen LogP contribution in [0, 0.1) is 12.7 Å². The highest BCUT2D eigenvalue weighted by Crippen LogP contribution is 2.15. The molecule has 8 heteroatoms. The first-order valence-corrected chi connectivity index (χ1v) is 9.49. The van der Waals surface area contributed by atoms with Gasteiger partial charge in [0.2, 0.25) is 5.91 Å². The number of piperazine rings is 1. The summed E-state index contributed by atoms with van der Waals surface area (Å²) in [5.74, 6) is 0.726. The van der Waals surface area contributed by atoms with Crippen molar-refractivity contribution in [3.05, 3.63) is 47.6 Å². The van der Waals surface area contributed by atoms with E-state index in [4.69, 9.17) is 9.26 Å². The first kappa shape index (κ1) is 20.3. The van der Waals surface area contributed by atoms with Crippen LogP contribution in [0.5, 0.6) is 5.75 Å². The van der Waals surface area contributed by atoms with E-state index in [1.54, 1.807) is 30.1 Å². The van der Waals surface area contributed by atoms with Gasteiger partial charge in [0.05, 0.1) is 25.3 Å². The van der Waals surface area contributed by atoms with Gasteiger partial charge in [0.15, 0.2) is 17.3 Å². The van der Waals surface area contributed by atoms with Gasteiger partial charge in [-0.1, -0.05) is 17.3 Å². The molecule has 2 heterocycles. The van der Waals surface area contributed by atoms with Gasteiger partial charge in [0.25, 0.3) is 0 Å². The minimum Gasteiger partial charge on any atom is -0.489 e. The molecule has 7 nitrogen and oxygen atoms in total. The highest BCUT2D eigenvalue weighted by atomic mass is 19.1. The SMILES string of the molecule is Cc1cc(CN2CCN(CC(=O)N(C)CCOc3ccccc3F)CC2)on1. The van der Waals surface area contributed by atoms with Crippen LogP contribution in [0.2, 0.25) is 0 Å². The molecule has 1 aliphatic heterocycles. The summed E-state index contributed by atoms with van der Waals surface area (Å²) in [7, 11) is 1.75. The number of hydrogen-bond donors (Lipinski definition) is 0. The summed E-state index contributed by atoms with van der Waals surface area (Å²) in [6.07, 6.45) is 0. The normalized spacial score (nSPS) is 15.5. The number of aryl methyl sites for hydroxylation is 1. The summed E-state index contributed by atoms with van der Waals surface area (Å²) in [6.45, 7) is 7.14. The summed E-state index contributed by atoms with van der Waals surface area (Å²) in [4.78, 5) is 18.5. The molecule has 1 aliphatic rings. The average Bonchev–Trinajstić information content (AvgIpc) is 3.09. The average molecular weight is 390 g/mol. The summed E-state index contributed by atoms with van der Waals surface area (Å²) in [5.41, 5.74) is 0.890. The predicted molar refractivity (Wildman–Crippen MR) is 102 cm³/mol. The number of amides is 1.